The molecule has 5 heteroatoms. The molecule has 1 amide bonds. The summed E-state index contributed by atoms with van der Waals surface area (Å²) in [6.45, 7) is 3.33. The van der Waals surface area contributed by atoms with Crippen molar-refractivity contribution in [3.05, 3.63) is 53.6 Å². The fourth-order valence-corrected chi connectivity index (χ4v) is 2.20. The van der Waals surface area contributed by atoms with Gasteiger partial charge in [-0.15, -0.1) is 0 Å². The molecule has 1 N–H and O–H groups in total. The molecule has 5 nitrogen and oxygen atoms in total. The molecule has 2 aromatic rings. The van der Waals surface area contributed by atoms with Gasteiger partial charge < -0.3 is 14.8 Å². The summed E-state index contributed by atoms with van der Waals surface area (Å²) in [5.74, 6) is 0.462. The van der Waals surface area contributed by atoms with Crippen LogP contribution < -0.4 is 14.8 Å². The molecule has 0 aromatic heterocycles. The largest absolute Gasteiger partial charge is 0.497 e. The molecule has 0 aliphatic heterocycles. The zero-order chi connectivity index (χ0) is 17.5. The Morgan fingerprint density at radius 2 is 1.79 bits per heavy atom. The van der Waals surface area contributed by atoms with E-state index in [0.717, 1.165) is 6.42 Å². The molecule has 0 spiro atoms. The minimum Gasteiger partial charge on any atom is -0.497 e. The average molecular weight is 327 g/mol. The van der Waals surface area contributed by atoms with Gasteiger partial charge in [-0.05, 0) is 43.2 Å². The van der Waals surface area contributed by atoms with Gasteiger partial charge in [0.15, 0.2) is 12.4 Å². The van der Waals surface area contributed by atoms with E-state index in [4.69, 9.17) is 9.47 Å². The van der Waals surface area contributed by atoms with Crippen LogP contribution in [0.2, 0.25) is 0 Å². The minimum absolute atomic E-state index is 0.136. The smallest absolute Gasteiger partial charge is 0.262 e. The third-order valence-electron chi connectivity index (χ3n) is 3.57. The summed E-state index contributed by atoms with van der Waals surface area (Å²) >= 11 is 0. The molecule has 0 heterocycles. The van der Waals surface area contributed by atoms with Crippen molar-refractivity contribution in [3.63, 3.8) is 0 Å². The van der Waals surface area contributed by atoms with E-state index in [1.807, 2.05) is 24.3 Å². The maximum absolute atomic E-state index is 12.0. The Labute approximate surface area is 141 Å². The molecule has 2 aromatic carbocycles. The Balaban J connectivity index is 2.01. The van der Waals surface area contributed by atoms with Crippen molar-refractivity contribution in [2.24, 2.45) is 0 Å². The van der Waals surface area contributed by atoms with Gasteiger partial charge in [-0.2, -0.15) is 0 Å². The molecule has 0 bridgehead atoms. The molecular weight excluding hydrogens is 306 g/mol. The number of anilines is 1. The molecule has 2 rings (SSSR count). The predicted molar refractivity (Wildman–Crippen MR) is 92.9 cm³/mol. The number of aryl methyl sites for hydroxylation is 1. The Morgan fingerprint density at radius 1 is 1.08 bits per heavy atom. The van der Waals surface area contributed by atoms with Crippen molar-refractivity contribution in [1.82, 2.24) is 0 Å². The quantitative estimate of drug-likeness (QED) is 0.791. The first-order valence-corrected chi connectivity index (χ1v) is 7.74. The second-order valence-electron chi connectivity index (χ2n) is 5.31. The molecule has 0 saturated carbocycles. The number of Topliss-reactive ketones (excluding diaryl/α,β-unsaturated/α-hetero) is 1. The molecule has 0 radical (unpaired) electrons. The zero-order valence-electron chi connectivity index (χ0n) is 14.1. The Morgan fingerprint density at radius 3 is 2.38 bits per heavy atom. The van der Waals surface area contributed by atoms with Crippen molar-refractivity contribution < 1.29 is 19.1 Å². The summed E-state index contributed by atoms with van der Waals surface area (Å²) in [6.07, 6.45) is 0.945. The molecular formula is C19H21NO4. The van der Waals surface area contributed by atoms with Gasteiger partial charge in [-0.1, -0.05) is 19.1 Å². The maximum atomic E-state index is 12.0. The van der Waals surface area contributed by atoms with Crippen LogP contribution in [-0.2, 0) is 11.2 Å². The second-order valence-corrected chi connectivity index (χ2v) is 5.31. The lowest BCUT2D eigenvalue weighted by atomic mass is 10.1. The van der Waals surface area contributed by atoms with Gasteiger partial charge in [0, 0.05) is 11.8 Å². The number of amides is 1. The Bertz CT molecular complexity index is 723. The molecule has 0 fully saturated rings. The molecule has 24 heavy (non-hydrogen) atoms. The molecule has 0 atom stereocenters. The fourth-order valence-electron chi connectivity index (χ4n) is 2.20. The number of hydrogen-bond donors (Lipinski definition) is 1. The highest BCUT2D eigenvalue weighted by molar-refractivity contribution is 5.97. The van der Waals surface area contributed by atoms with Crippen LogP contribution in [-0.4, -0.2) is 25.4 Å². The normalized spacial score (nSPS) is 10.1. The molecule has 0 unspecified atom stereocenters. The van der Waals surface area contributed by atoms with Crippen molar-refractivity contribution in [2.45, 2.75) is 20.3 Å². The first-order valence-electron chi connectivity index (χ1n) is 7.74. The van der Waals surface area contributed by atoms with Crippen LogP contribution in [0.1, 0.15) is 29.8 Å². The van der Waals surface area contributed by atoms with E-state index >= 15 is 0 Å². The molecule has 126 valence electrons. The number of methoxy groups -OCH3 is 1. The van der Waals surface area contributed by atoms with E-state index in [1.54, 1.807) is 18.2 Å². The summed E-state index contributed by atoms with van der Waals surface area (Å²) in [5.41, 5.74) is 2.32. The maximum Gasteiger partial charge on any atom is 0.262 e. The Kier molecular flexibility index (Phi) is 5.95. The summed E-state index contributed by atoms with van der Waals surface area (Å²) in [5, 5.41) is 2.76. The first-order chi connectivity index (χ1) is 11.5. The minimum atomic E-state index is -0.295. The number of carbonyl (C=O) groups is 2. The van der Waals surface area contributed by atoms with Crippen LogP contribution in [0.15, 0.2) is 42.5 Å². The van der Waals surface area contributed by atoms with E-state index in [2.05, 4.69) is 12.2 Å². The second kappa shape index (κ2) is 8.15. The van der Waals surface area contributed by atoms with Crippen LogP contribution in [0.4, 0.5) is 5.69 Å². The van der Waals surface area contributed by atoms with Gasteiger partial charge in [-0.3, -0.25) is 9.59 Å². The van der Waals surface area contributed by atoms with Crippen molar-refractivity contribution in [1.29, 1.82) is 0 Å². The average Bonchev–Trinajstić information content (AvgIpc) is 2.60. The zero-order valence-corrected chi connectivity index (χ0v) is 14.1. The highest BCUT2D eigenvalue weighted by Crippen LogP contribution is 2.25. The van der Waals surface area contributed by atoms with E-state index in [-0.39, 0.29) is 18.3 Å². The number of ether oxygens (including phenoxy) is 2. The highest BCUT2D eigenvalue weighted by atomic mass is 16.5. The lowest BCUT2D eigenvalue weighted by Gasteiger charge is -2.12. The van der Waals surface area contributed by atoms with Crippen molar-refractivity contribution >= 4 is 17.4 Å². The number of rotatable bonds is 7. The van der Waals surface area contributed by atoms with Crippen LogP contribution in [0.3, 0.4) is 0 Å². The molecule has 0 saturated heterocycles. The Hall–Kier alpha value is -2.82. The van der Waals surface area contributed by atoms with E-state index in [9.17, 15) is 9.59 Å². The van der Waals surface area contributed by atoms with E-state index < -0.39 is 0 Å². The number of hydrogen-bond acceptors (Lipinski definition) is 4. The SMILES string of the molecule is CCc1ccc(NC(=O)COc2cc(OC)ccc2C(C)=O)cc1. The van der Waals surface area contributed by atoms with Crippen molar-refractivity contribution in [3.8, 4) is 11.5 Å². The van der Waals surface area contributed by atoms with Crippen LogP contribution in [0.25, 0.3) is 0 Å². The van der Waals surface area contributed by atoms with Gasteiger partial charge in [0.1, 0.15) is 11.5 Å². The van der Waals surface area contributed by atoms with Crippen molar-refractivity contribution in [2.75, 3.05) is 19.0 Å². The standard InChI is InChI=1S/C19H21NO4/c1-4-14-5-7-15(8-6-14)20-19(22)12-24-18-11-16(23-3)9-10-17(18)13(2)21/h5-11H,4,12H2,1-3H3,(H,20,22). The van der Waals surface area contributed by atoms with Gasteiger partial charge in [-0.25, -0.2) is 0 Å². The lowest BCUT2D eigenvalue weighted by molar-refractivity contribution is -0.118. The summed E-state index contributed by atoms with van der Waals surface area (Å²) < 4.78 is 10.6. The van der Waals surface area contributed by atoms with Crippen LogP contribution in [0.5, 0.6) is 11.5 Å². The predicted octanol–water partition coefficient (Wildman–Crippen LogP) is 3.48. The number of ketones is 1. The summed E-state index contributed by atoms with van der Waals surface area (Å²) in [7, 11) is 1.53. The number of carbonyl (C=O) groups excluding carboxylic acids is 2. The third kappa shape index (κ3) is 4.59. The lowest BCUT2D eigenvalue weighted by Crippen LogP contribution is -2.20. The number of benzene rings is 2. The van der Waals surface area contributed by atoms with Gasteiger partial charge in [0.25, 0.3) is 5.91 Å². The van der Waals surface area contributed by atoms with Crippen LogP contribution >= 0.6 is 0 Å². The highest BCUT2D eigenvalue weighted by Gasteiger charge is 2.12. The summed E-state index contributed by atoms with van der Waals surface area (Å²) in [6, 6.07) is 12.5. The van der Waals surface area contributed by atoms with Gasteiger partial charge >= 0.3 is 0 Å². The van der Waals surface area contributed by atoms with Gasteiger partial charge in [0.2, 0.25) is 0 Å². The monoisotopic (exact) mass is 327 g/mol. The van der Waals surface area contributed by atoms with Crippen LogP contribution in [0, 0.1) is 0 Å². The van der Waals surface area contributed by atoms with Gasteiger partial charge in [0.05, 0.1) is 12.7 Å². The fraction of sp³-hybridized carbons (Fsp3) is 0.263. The summed E-state index contributed by atoms with van der Waals surface area (Å²) in [4.78, 5) is 23.7. The molecule has 0 aliphatic rings. The van der Waals surface area contributed by atoms with E-state index in [1.165, 1.54) is 19.6 Å². The van der Waals surface area contributed by atoms with E-state index in [0.29, 0.717) is 22.7 Å². The number of nitrogens with one attached hydrogen (secondary N) is 1. The topological polar surface area (TPSA) is 64.6 Å². The first kappa shape index (κ1) is 17.5. The molecule has 0 aliphatic carbocycles. The third-order valence-corrected chi connectivity index (χ3v) is 3.57.